The molecule has 0 bridgehead atoms. The zero-order valence-corrected chi connectivity index (χ0v) is 10.9. The van der Waals surface area contributed by atoms with Crippen LogP contribution in [-0.2, 0) is 17.7 Å². The number of carbonyl (C=O) groups is 2. The standard InChI is InChI=1S/C11H12ClNO3S/c1-2-16-11(15)13-4-3-7-5-8(10(12)14)17-9(7)6-13/h5H,2-4,6H2,1H3. The van der Waals surface area contributed by atoms with Crippen LogP contribution in [0, 0.1) is 0 Å². The summed E-state index contributed by atoms with van der Waals surface area (Å²) in [6, 6.07) is 1.82. The lowest BCUT2D eigenvalue weighted by atomic mass is 10.1. The molecule has 6 heteroatoms. The van der Waals surface area contributed by atoms with Gasteiger partial charge in [0.2, 0.25) is 0 Å². The Labute approximate surface area is 108 Å². The van der Waals surface area contributed by atoms with E-state index >= 15 is 0 Å². The first-order chi connectivity index (χ1) is 8.11. The van der Waals surface area contributed by atoms with Crippen LogP contribution < -0.4 is 0 Å². The summed E-state index contributed by atoms with van der Waals surface area (Å²) in [5.74, 6) is 0. The van der Waals surface area contributed by atoms with Gasteiger partial charge in [-0.15, -0.1) is 11.3 Å². The molecule has 1 aliphatic rings. The van der Waals surface area contributed by atoms with Crippen LogP contribution in [0.5, 0.6) is 0 Å². The monoisotopic (exact) mass is 273 g/mol. The summed E-state index contributed by atoms with van der Waals surface area (Å²) in [6.45, 7) is 3.28. The Balaban J connectivity index is 2.13. The van der Waals surface area contributed by atoms with Crippen molar-refractivity contribution in [1.82, 2.24) is 4.90 Å². The molecule has 92 valence electrons. The van der Waals surface area contributed by atoms with Crippen molar-refractivity contribution in [2.75, 3.05) is 13.2 Å². The van der Waals surface area contributed by atoms with E-state index in [2.05, 4.69) is 0 Å². The Hall–Kier alpha value is -1.07. The lowest BCUT2D eigenvalue weighted by Gasteiger charge is -2.25. The maximum Gasteiger partial charge on any atom is 0.410 e. The van der Waals surface area contributed by atoms with Gasteiger partial charge in [0.25, 0.3) is 5.24 Å². The second kappa shape index (κ2) is 5.06. The number of rotatable bonds is 2. The van der Waals surface area contributed by atoms with Crippen molar-refractivity contribution >= 4 is 34.3 Å². The average Bonchev–Trinajstić information content (AvgIpc) is 2.71. The molecule has 1 aromatic rings. The first-order valence-electron chi connectivity index (χ1n) is 5.35. The molecule has 0 N–H and O–H groups in total. The van der Waals surface area contributed by atoms with Crippen molar-refractivity contribution in [1.29, 1.82) is 0 Å². The molecule has 1 amide bonds. The molecule has 0 fully saturated rings. The molecule has 0 aromatic carbocycles. The smallest absolute Gasteiger partial charge is 0.410 e. The summed E-state index contributed by atoms with van der Waals surface area (Å²) in [4.78, 5) is 25.8. The van der Waals surface area contributed by atoms with Crippen LogP contribution in [0.2, 0.25) is 0 Å². The van der Waals surface area contributed by atoms with Crippen LogP contribution in [0.15, 0.2) is 6.07 Å². The van der Waals surface area contributed by atoms with E-state index in [0.29, 0.717) is 24.6 Å². The number of amides is 1. The van der Waals surface area contributed by atoms with Crippen molar-refractivity contribution < 1.29 is 14.3 Å². The van der Waals surface area contributed by atoms with Crippen LogP contribution in [0.1, 0.15) is 27.0 Å². The third kappa shape index (κ3) is 2.61. The summed E-state index contributed by atoms with van der Waals surface area (Å²) in [5, 5.41) is -0.438. The second-order valence-corrected chi connectivity index (χ2v) is 5.18. The van der Waals surface area contributed by atoms with Crippen molar-refractivity contribution in [3.8, 4) is 0 Å². The van der Waals surface area contributed by atoms with E-state index in [4.69, 9.17) is 16.3 Å². The minimum atomic E-state index is -0.438. The van der Waals surface area contributed by atoms with Gasteiger partial charge in [-0.25, -0.2) is 4.79 Å². The first-order valence-corrected chi connectivity index (χ1v) is 6.54. The lowest BCUT2D eigenvalue weighted by molar-refractivity contribution is 0.103. The van der Waals surface area contributed by atoms with Gasteiger partial charge in [-0.3, -0.25) is 4.79 Å². The Kier molecular flexibility index (Phi) is 3.69. The van der Waals surface area contributed by atoms with E-state index in [1.807, 2.05) is 6.07 Å². The largest absolute Gasteiger partial charge is 0.450 e. The molecule has 0 saturated carbocycles. The van der Waals surface area contributed by atoms with Gasteiger partial charge in [0.15, 0.2) is 0 Å². The highest BCUT2D eigenvalue weighted by Gasteiger charge is 2.24. The molecule has 0 radical (unpaired) electrons. The van der Waals surface area contributed by atoms with E-state index in [1.165, 1.54) is 11.3 Å². The van der Waals surface area contributed by atoms with Crippen molar-refractivity contribution in [2.45, 2.75) is 19.9 Å². The van der Waals surface area contributed by atoms with E-state index in [-0.39, 0.29) is 6.09 Å². The maximum atomic E-state index is 11.6. The highest BCUT2D eigenvalue weighted by atomic mass is 35.5. The molecule has 0 spiro atoms. The molecule has 4 nitrogen and oxygen atoms in total. The summed E-state index contributed by atoms with van der Waals surface area (Å²) >= 11 is 6.79. The molecule has 2 rings (SSSR count). The van der Waals surface area contributed by atoms with Gasteiger partial charge in [-0.05, 0) is 36.6 Å². The molecular formula is C11H12ClNO3S. The van der Waals surface area contributed by atoms with Crippen LogP contribution in [0.25, 0.3) is 0 Å². The van der Waals surface area contributed by atoms with Gasteiger partial charge >= 0.3 is 6.09 Å². The third-order valence-corrected chi connectivity index (χ3v) is 4.08. The number of ether oxygens (including phenoxy) is 1. The topological polar surface area (TPSA) is 46.6 Å². The zero-order valence-electron chi connectivity index (χ0n) is 9.36. The van der Waals surface area contributed by atoms with E-state index in [9.17, 15) is 9.59 Å². The summed E-state index contributed by atoms with van der Waals surface area (Å²) in [7, 11) is 0. The molecule has 1 aliphatic heterocycles. The van der Waals surface area contributed by atoms with E-state index < -0.39 is 5.24 Å². The lowest BCUT2D eigenvalue weighted by Crippen LogP contribution is -2.35. The van der Waals surface area contributed by atoms with E-state index in [0.717, 1.165) is 16.9 Å². The number of nitrogens with zero attached hydrogens (tertiary/aromatic N) is 1. The predicted octanol–water partition coefficient (Wildman–Crippen LogP) is 2.64. The Bertz CT molecular complexity index is 458. The van der Waals surface area contributed by atoms with Gasteiger partial charge in [0.1, 0.15) is 0 Å². The van der Waals surface area contributed by atoms with Crippen LogP contribution in [0.3, 0.4) is 0 Å². The predicted molar refractivity (Wildman–Crippen MR) is 65.6 cm³/mol. The summed E-state index contributed by atoms with van der Waals surface area (Å²) < 4.78 is 4.95. The molecule has 1 aromatic heterocycles. The fraction of sp³-hybridized carbons (Fsp3) is 0.455. The number of halogens is 1. The van der Waals surface area contributed by atoms with Crippen LogP contribution in [0.4, 0.5) is 4.79 Å². The van der Waals surface area contributed by atoms with Crippen molar-refractivity contribution in [2.24, 2.45) is 0 Å². The summed E-state index contributed by atoms with van der Waals surface area (Å²) in [6.07, 6.45) is 0.444. The average molecular weight is 274 g/mol. The summed E-state index contributed by atoms with van der Waals surface area (Å²) in [5.41, 5.74) is 1.11. The quantitative estimate of drug-likeness (QED) is 0.778. The minimum Gasteiger partial charge on any atom is -0.450 e. The van der Waals surface area contributed by atoms with Crippen LogP contribution in [-0.4, -0.2) is 29.4 Å². The minimum absolute atomic E-state index is 0.301. The molecule has 2 heterocycles. The number of hydrogen-bond acceptors (Lipinski definition) is 4. The molecule has 0 aliphatic carbocycles. The number of hydrogen-bond donors (Lipinski definition) is 0. The second-order valence-electron chi connectivity index (χ2n) is 3.70. The fourth-order valence-electron chi connectivity index (χ4n) is 1.79. The van der Waals surface area contributed by atoms with Crippen molar-refractivity contribution in [3.05, 3.63) is 21.4 Å². The molecular weight excluding hydrogens is 262 g/mol. The molecule has 17 heavy (non-hydrogen) atoms. The molecule has 0 atom stereocenters. The first kappa shape index (κ1) is 12.4. The van der Waals surface area contributed by atoms with Gasteiger partial charge in [0, 0.05) is 11.4 Å². The van der Waals surface area contributed by atoms with Gasteiger partial charge < -0.3 is 9.64 Å². The molecule has 0 unspecified atom stereocenters. The normalized spacial score (nSPS) is 14.4. The number of thiophene rings is 1. The fourth-order valence-corrected chi connectivity index (χ4v) is 3.02. The Morgan fingerprint density at radius 1 is 1.59 bits per heavy atom. The SMILES string of the molecule is CCOC(=O)N1CCc2cc(C(=O)Cl)sc2C1. The number of fused-ring (bicyclic) bond motifs is 1. The third-order valence-electron chi connectivity index (χ3n) is 2.60. The van der Waals surface area contributed by atoms with Gasteiger partial charge in [0.05, 0.1) is 18.0 Å². The van der Waals surface area contributed by atoms with Gasteiger partial charge in [-0.2, -0.15) is 0 Å². The Morgan fingerprint density at radius 2 is 2.35 bits per heavy atom. The Morgan fingerprint density at radius 3 is 3.00 bits per heavy atom. The van der Waals surface area contributed by atoms with Crippen LogP contribution >= 0.6 is 22.9 Å². The highest BCUT2D eigenvalue weighted by molar-refractivity contribution is 7.15. The van der Waals surface area contributed by atoms with E-state index in [1.54, 1.807) is 11.8 Å². The van der Waals surface area contributed by atoms with Crippen molar-refractivity contribution in [3.63, 3.8) is 0 Å². The molecule has 0 saturated heterocycles. The highest BCUT2D eigenvalue weighted by Crippen LogP contribution is 2.29. The number of carbonyl (C=O) groups excluding carboxylic acids is 2. The zero-order chi connectivity index (χ0) is 12.4. The maximum absolute atomic E-state index is 11.6. The van der Waals surface area contributed by atoms with Gasteiger partial charge in [-0.1, -0.05) is 0 Å².